The van der Waals surface area contributed by atoms with Crippen LogP contribution in [0.25, 0.3) is 0 Å². The summed E-state index contributed by atoms with van der Waals surface area (Å²) in [6.07, 6.45) is 0.905. The molecule has 6 heteroatoms. The van der Waals surface area contributed by atoms with E-state index in [1.165, 1.54) is 6.33 Å². The number of aromatic nitrogens is 3. The first-order chi connectivity index (χ1) is 8.58. The van der Waals surface area contributed by atoms with E-state index in [9.17, 15) is 5.11 Å². The molecule has 0 aliphatic carbocycles. The van der Waals surface area contributed by atoms with Gasteiger partial charge in [-0.05, 0) is 19.1 Å². The van der Waals surface area contributed by atoms with Crippen LogP contribution >= 0.6 is 15.9 Å². The molecule has 1 aromatic carbocycles. The molecule has 0 unspecified atom stereocenters. The van der Waals surface area contributed by atoms with Crippen molar-refractivity contribution < 1.29 is 9.84 Å². The number of ether oxygens (including phenoxy) is 1. The Morgan fingerprint density at radius 1 is 1.50 bits per heavy atom. The maximum atomic E-state index is 9.68. The number of hydrogen-bond donors (Lipinski definition) is 1. The van der Waals surface area contributed by atoms with Crippen molar-refractivity contribution >= 4 is 15.9 Å². The monoisotopic (exact) mass is 311 g/mol. The highest BCUT2D eigenvalue weighted by atomic mass is 79.9. The van der Waals surface area contributed by atoms with Crippen molar-refractivity contribution in [1.29, 1.82) is 0 Å². The number of halogens is 1. The van der Waals surface area contributed by atoms with Crippen LogP contribution in [0.15, 0.2) is 29.0 Å². The fraction of sp³-hybridized carbons (Fsp3) is 0.333. The third-order valence-electron chi connectivity index (χ3n) is 2.59. The summed E-state index contributed by atoms with van der Waals surface area (Å²) in [4.78, 5) is 4.08. The average molecular weight is 312 g/mol. The molecule has 0 amide bonds. The number of nitrogens with zero attached hydrogens (tertiary/aromatic N) is 3. The molecule has 0 radical (unpaired) electrons. The normalized spacial score (nSPS) is 12.4. The molecule has 5 nitrogen and oxygen atoms in total. The fourth-order valence-corrected chi connectivity index (χ4v) is 1.91. The van der Waals surface area contributed by atoms with Gasteiger partial charge in [-0.2, -0.15) is 5.10 Å². The molecule has 0 aliphatic rings. The van der Waals surface area contributed by atoms with Crippen LogP contribution in [-0.4, -0.2) is 19.9 Å². The van der Waals surface area contributed by atoms with E-state index in [1.807, 2.05) is 25.2 Å². The van der Waals surface area contributed by atoms with Crippen LogP contribution < -0.4 is 4.74 Å². The summed E-state index contributed by atoms with van der Waals surface area (Å²) in [7, 11) is 1.81. The van der Waals surface area contributed by atoms with Gasteiger partial charge < -0.3 is 9.84 Å². The largest absolute Gasteiger partial charge is 0.485 e. The minimum Gasteiger partial charge on any atom is -0.485 e. The number of hydrogen-bond acceptors (Lipinski definition) is 4. The highest BCUT2D eigenvalue weighted by molar-refractivity contribution is 9.10. The summed E-state index contributed by atoms with van der Waals surface area (Å²) >= 11 is 3.38. The van der Waals surface area contributed by atoms with E-state index in [-0.39, 0.29) is 0 Å². The van der Waals surface area contributed by atoms with E-state index < -0.39 is 6.10 Å². The zero-order chi connectivity index (χ0) is 13.1. The summed E-state index contributed by atoms with van der Waals surface area (Å²) in [6, 6.07) is 5.54. The molecule has 0 saturated carbocycles. The molecular formula is C12H14BrN3O2. The first kappa shape index (κ1) is 13.0. The second kappa shape index (κ2) is 5.49. The Kier molecular flexibility index (Phi) is 3.98. The Balaban J connectivity index is 2.18. The van der Waals surface area contributed by atoms with Crippen LogP contribution in [0.3, 0.4) is 0 Å². The molecule has 0 saturated heterocycles. The van der Waals surface area contributed by atoms with Crippen molar-refractivity contribution in [3.05, 3.63) is 40.4 Å². The lowest BCUT2D eigenvalue weighted by Gasteiger charge is -2.13. The van der Waals surface area contributed by atoms with Crippen molar-refractivity contribution in [1.82, 2.24) is 14.8 Å². The van der Waals surface area contributed by atoms with Gasteiger partial charge in [0.2, 0.25) is 0 Å². The minimum absolute atomic E-state index is 0.312. The van der Waals surface area contributed by atoms with Crippen LogP contribution in [0.5, 0.6) is 5.75 Å². The van der Waals surface area contributed by atoms with Gasteiger partial charge in [0.25, 0.3) is 0 Å². The maximum absolute atomic E-state index is 9.68. The van der Waals surface area contributed by atoms with Gasteiger partial charge in [-0.15, -0.1) is 0 Å². The van der Waals surface area contributed by atoms with Crippen molar-refractivity contribution in [3.8, 4) is 5.75 Å². The molecule has 0 aliphatic heterocycles. The van der Waals surface area contributed by atoms with Gasteiger partial charge in [0.15, 0.2) is 5.82 Å². The molecule has 96 valence electrons. The fourth-order valence-electron chi connectivity index (χ4n) is 1.57. The summed E-state index contributed by atoms with van der Waals surface area (Å²) in [6.45, 7) is 2.02. The smallest absolute Gasteiger partial charge is 0.164 e. The second-order valence-electron chi connectivity index (χ2n) is 3.95. The van der Waals surface area contributed by atoms with E-state index in [1.54, 1.807) is 11.6 Å². The van der Waals surface area contributed by atoms with Gasteiger partial charge in [-0.1, -0.05) is 22.0 Å². The number of benzene rings is 1. The zero-order valence-corrected chi connectivity index (χ0v) is 11.8. The highest BCUT2D eigenvalue weighted by Gasteiger charge is 2.11. The predicted octanol–water partition coefficient (Wildman–Crippen LogP) is 2.21. The summed E-state index contributed by atoms with van der Waals surface area (Å²) in [5.74, 6) is 1.37. The number of aryl methyl sites for hydroxylation is 1. The third kappa shape index (κ3) is 2.88. The van der Waals surface area contributed by atoms with E-state index >= 15 is 0 Å². The number of aliphatic hydroxyl groups excluding tert-OH is 1. The zero-order valence-electron chi connectivity index (χ0n) is 10.2. The Hall–Kier alpha value is -1.40. The van der Waals surface area contributed by atoms with Gasteiger partial charge in [0.1, 0.15) is 18.7 Å². The first-order valence-corrected chi connectivity index (χ1v) is 6.30. The van der Waals surface area contributed by atoms with Crippen LogP contribution in [0, 0.1) is 0 Å². The summed E-state index contributed by atoms with van der Waals surface area (Å²) < 4.78 is 8.25. The van der Waals surface area contributed by atoms with E-state index in [0.717, 1.165) is 15.9 Å². The molecular weight excluding hydrogens is 298 g/mol. The van der Waals surface area contributed by atoms with Crippen LogP contribution in [-0.2, 0) is 13.7 Å². The van der Waals surface area contributed by atoms with Gasteiger partial charge in [-0.3, -0.25) is 4.68 Å². The molecule has 1 atom stereocenters. The Morgan fingerprint density at radius 3 is 2.89 bits per heavy atom. The van der Waals surface area contributed by atoms with Crippen molar-refractivity contribution in [2.24, 2.45) is 7.05 Å². The molecule has 18 heavy (non-hydrogen) atoms. The molecule has 0 spiro atoms. The van der Waals surface area contributed by atoms with Gasteiger partial charge in [0, 0.05) is 17.1 Å². The van der Waals surface area contributed by atoms with Crippen LogP contribution in [0.1, 0.15) is 24.4 Å². The Labute approximate surface area is 114 Å². The van der Waals surface area contributed by atoms with Crippen molar-refractivity contribution in [2.45, 2.75) is 19.6 Å². The number of rotatable bonds is 4. The van der Waals surface area contributed by atoms with Gasteiger partial charge >= 0.3 is 0 Å². The topological polar surface area (TPSA) is 60.2 Å². The molecule has 2 rings (SSSR count). The Bertz CT molecular complexity index is 540. The third-order valence-corrected chi connectivity index (χ3v) is 3.08. The van der Waals surface area contributed by atoms with Crippen molar-refractivity contribution in [2.75, 3.05) is 0 Å². The molecule has 0 bridgehead atoms. The summed E-state index contributed by atoms with van der Waals surface area (Å²) in [5.41, 5.74) is 0.750. The standard InChI is InChI=1S/C12H14BrN3O2/c1-8(17)10-4-3-9(13)5-11(10)18-6-12-14-7-15-16(12)2/h3-5,7-8,17H,6H2,1-2H3/t8-/m1/s1. The van der Waals surface area contributed by atoms with Crippen LogP contribution in [0.4, 0.5) is 0 Å². The molecule has 1 heterocycles. The second-order valence-corrected chi connectivity index (χ2v) is 4.86. The van der Waals surface area contributed by atoms with Gasteiger partial charge in [-0.25, -0.2) is 4.98 Å². The molecule has 1 N–H and O–H groups in total. The summed E-state index contributed by atoms with van der Waals surface area (Å²) in [5, 5.41) is 13.6. The predicted molar refractivity (Wildman–Crippen MR) is 70.1 cm³/mol. The Morgan fingerprint density at radius 2 is 2.28 bits per heavy atom. The molecule has 1 aromatic heterocycles. The minimum atomic E-state index is -0.576. The van der Waals surface area contributed by atoms with E-state index in [2.05, 4.69) is 26.0 Å². The number of aliphatic hydroxyl groups is 1. The van der Waals surface area contributed by atoms with E-state index in [0.29, 0.717) is 12.4 Å². The lowest BCUT2D eigenvalue weighted by atomic mass is 10.1. The quantitative estimate of drug-likeness (QED) is 0.940. The first-order valence-electron chi connectivity index (χ1n) is 5.51. The lowest BCUT2D eigenvalue weighted by Crippen LogP contribution is -2.06. The average Bonchev–Trinajstić information content (AvgIpc) is 2.72. The van der Waals surface area contributed by atoms with E-state index in [4.69, 9.17) is 4.74 Å². The lowest BCUT2D eigenvalue weighted by molar-refractivity contribution is 0.189. The van der Waals surface area contributed by atoms with Crippen LogP contribution in [0.2, 0.25) is 0 Å². The highest BCUT2D eigenvalue weighted by Crippen LogP contribution is 2.29. The molecule has 2 aromatic rings. The van der Waals surface area contributed by atoms with Gasteiger partial charge in [0.05, 0.1) is 6.10 Å². The SMILES string of the molecule is C[C@@H](O)c1ccc(Br)cc1OCc1ncnn1C. The maximum Gasteiger partial charge on any atom is 0.164 e. The van der Waals surface area contributed by atoms with Crippen molar-refractivity contribution in [3.63, 3.8) is 0 Å². The molecule has 0 fully saturated rings.